The number of hydrogen-bond donors (Lipinski definition) is 2. The summed E-state index contributed by atoms with van der Waals surface area (Å²) >= 11 is 2.96. The van der Waals surface area contributed by atoms with Crippen molar-refractivity contribution in [1.82, 2.24) is 0 Å². The molecule has 0 aromatic heterocycles. The number of carbonyl (C=O) groups is 1. The van der Waals surface area contributed by atoms with Crippen molar-refractivity contribution in [3.05, 3.63) is 28.2 Å². The molecule has 1 atom stereocenters. The maximum atomic E-state index is 12.1. The van der Waals surface area contributed by atoms with Crippen LogP contribution in [0.4, 0.5) is 13.2 Å². The number of aliphatic hydroxyl groups is 1. The first kappa shape index (κ1) is 14.8. The Morgan fingerprint density at radius 2 is 2.06 bits per heavy atom. The standard InChI is InChI=1S/C10H8BrF3O4/c11-6-3-1-2-5(9(16)17)8(6)18-4-7(15)10(12,13)14/h1-3,7,15H,4H2,(H,16,17). The van der Waals surface area contributed by atoms with E-state index in [2.05, 4.69) is 15.9 Å². The molecule has 0 spiro atoms. The average molecular weight is 329 g/mol. The van der Waals surface area contributed by atoms with Gasteiger partial charge in [-0.2, -0.15) is 13.2 Å². The molecule has 0 amide bonds. The van der Waals surface area contributed by atoms with E-state index in [0.717, 1.165) is 0 Å². The number of rotatable bonds is 4. The van der Waals surface area contributed by atoms with Gasteiger partial charge in [0, 0.05) is 0 Å². The van der Waals surface area contributed by atoms with Crippen LogP contribution in [0.3, 0.4) is 0 Å². The van der Waals surface area contributed by atoms with Crippen molar-refractivity contribution < 1.29 is 32.9 Å². The fraction of sp³-hybridized carbons (Fsp3) is 0.300. The van der Waals surface area contributed by atoms with Gasteiger partial charge < -0.3 is 14.9 Å². The first-order valence-electron chi connectivity index (χ1n) is 4.63. The lowest BCUT2D eigenvalue weighted by Gasteiger charge is -2.16. The highest BCUT2D eigenvalue weighted by Gasteiger charge is 2.39. The molecule has 2 N–H and O–H groups in total. The molecule has 8 heteroatoms. The number of para-hydroxylation sites is 1. The topological polar surface area (TPSA) is 66.8 Å². The maximum Gasteiger partial charge on any atom is 0.417 e. The fourth-order valence-corrected chi connectivity index (χ4v) is 1.56. The molecule has 1 unspecified atom stereocenters. The van der Waals surface area contributed by atoms with Crippen LogP contribution in [0.25, 0.3) is 0 Å². The van der Waals surface area contributed by atoms with E-state index in [4.69, 9.17) is 14.9 Å². The van der Waals surface area contributed by atoms with Gasteiger partial charge in [0.25, 0.3) is 0 Å². The smallest absolute Gasteiger partial charge is 0.417 e. The monoisotopic (exact) mass is 328 g/mol. The Labute approximate surface area is 108 Å². The number of benzene rings is 1. The summed E-state index contributed by atoms with van der Waals surface area (Å²) in [6, 6.07) is 4.00. The van der Waals surface area contributed by atoms with Crippen molar-refractivity contribution >= 4 is 21.9 Å². The van der Waals surface area contributed by atoms with E-state index >= 15 is 0 Å². The summed E-state index contributed by atoms with van der Waals surface area (Å²) in [4.78, 5) is 10.8. The predicted molar refractivity (Wildman–Crippen MR) is 58.7 cm³/mol. The molecule has 0 bridgehead atoms. The lowest BCUT2D eigenvalue weighted by Crippen LogP contribution is -2.34. The quantitative estimate of drug-likeness (QED) is 0.891. The average Bonchev–Trinajstić information content (AvgIpc) is 2.25. The van der Waals surface area contributed by atoms with Crippen molar-refractivity contribution in [1.29, 1.82) is 0 Å². The van der Waals surface area contributed by atoms with Crippen LogP contribution in [-0.4, -0.2) is 35.1 Å². The van der Waals surface area contributed by atoms with Crippen molar-refractivity contribution in [2.45, 2.75) is 12.3 Å². The number of aromatic carboxylic acids is 1. The fourth-order valence-electron chi connectivity index (χ4n) is 1.08. The van der Waals surface area contributed by atoms with Crippen molar-refractivity contribution in [3.8, 4) is 5.75 Å². The van der Waals surface area contributed by atoms with Gasteiger partial charge in [-0.25, -0.2) is 4.79 Å². The zero-order valence-electron chi connectivity index (χ0n) is 8.74. The SMILES string of the molecule is O=C(O)c1cccc(Br)c1OCC(O)C(F)(F)F. The Hall–Kier alpha value is -1.28. The lowest BCUT2D eigenvalue weighted by molar-refractivity contribution is -0.210. The molecule has 18 heavy (non-hydrogen) atoms. The number of carboxylic acid groups (broad SMARTS) is 1. The Balaban J connectivity index is 2.88. The molecule has 0 aliphatic heterocycles. The minimum absolute atomic E-state index is 0.191. The van der Waals surface area contributed by atoms with Gasteiger partial charge in [-0.15, -0.1) is 0 Å². The maximum absolute atomic E-state index is 12.1. The molecule has 0 radical (unpaired) electrons. The molecular weight excluding hydrogens is 321 g/mol. The van der Waals surface area contributed by atoms with Gasteiger partial charge in [0.2, 0.25) is 0 Å². The molecule has 0 aliphatic carbocycles. The van der Waals surface area contributed by atoms with E-state index < -0.39 is 24.9 Å². The highest BCUT2D eigenvalue weighted by atomic mass is 79.9. The van der Waals surface area contributed by atoms with E-state index in [0.29, 0.717) is 0 Å². The van der Waals surface area contributed by atoms with Gasteiger partial charge in [0.15, 0.2) is 6.10 Å². The molecule has 0 aliphatic rings. The minimum atomic E-state index is -4.81. The van der Waals surface area contributed by atoms with Crippen LogP contribution in [0.1, 0.15) is 10.4 Å². The number of ether oxygens (including phenoxy) is 1. The van der Waals surface area contributed by atoms with E-state index in [1.54, 1.807) is 0 Å². The summed E-state index contributed by atoms with van der Waals surface area (Å²) in [6.45, 7) is -1.08. The normalized spacial score (nSPS) is 13.2. The molecule has 1 rings (SSSR count). The minimum Gasteiger partial charge on any atom is -0.488 e. The second kappa shape index (κ2) is 5.57. The second-order valence-corrected chi connectivity index (χ2v) is 4.14. The molecule has 0 saturated heterocycles. The molecule has 1 aromatic carbocycles. The van der Waals surface area contributed by atoms with Gasteiger partial charge >= 0.3 is 12.1 Å². The summed E-state index contributed by atoms with van der Waals surface area (Å²) in [5, 5.41) is 17.6. The Morgan fingerprint density at radius 1 is 1.44 bits per heavy atom. The molecule has 0 fully saturated rings. The zero-order chi connectivity index (χ0) is 13.9. The van der Waals surface area contributed by atoms with Crippen LogP contribution >= 0.6 is 15.9 Å². The van der Waals surface area contributed by atoms with Crippen LogP contribution < -0.4 is 4.74 Å². The third kappa shape index (κ3) is 3.61. The zero-order valence-corrected chi connectivity index (χ0v) is 10.3. The number of alkyl halides is 3. The number of hydrogen-bond acceptors (Lipinski definition) is 3. The van der Waals surface area contributed by atoms with Crippen LogP contribution in [-0.2, 0) is 0 Å². The Kier molecular flexibility index (Phi) is 4.58. The van der Waals surface area contributed by atoms with Gasteiger partial charge in [0.1, 0.15) is 17.9 Å². The van der Waals surface area contributed by atoms with E-state index in [-0.39, 0.29) is 15.8 Å². The largest absolute Gasteiger partial charge is 0.488 e. The molecular formula is C10H8BrF3O4. The summed E-state index contributed by atoms with van der Waals surface area (Å²) in [7, 11) is 0. The molecule has 0 heterocycles. The van der Waals surface area contributed by atoms with Crippen molar-refractivity contribution in [3.63, 3.8) is 0 Å². The summed E-state index contributed by atoms with van der Waals surface area (Å²) < 4.78 is 41.1. The number of halogens is 4. The van der Waals surface area contributed by atoms with Gasteiger partial charge in [0.05, 0.1) is 4.47 Å². The molecule has 100 valence electrons. The van der Waals surface area contributed by atoms with Crippen molar-refractivity contribution in [2.24, 2.45) is 0 Å². The highest BCUT2D eigenvalue weighted by molar-refractivity contribution is 9.10. The third-order valence-electron chi connectivity index (χ3n) is 1.96. The molecule has 0 saturated carbocycles. The van der Waals surface area contributed by atoms with E-state index in [1.165, 1.54) is 18.2 Å². The predicted octanol–water partition coefficient (Wildman–Crippen LogP) is 2.45. The van der Waals surface area contributed by atoms with Crippen LogP contribution in [0.15, 0.2) is 22.7 Å². The Bertz CT molecular complexity index is 447. The molecule has 1 aromatic rings. The van der Waals surface area contributed by atoms with E-state index in [1.807, 2.05) is 0 Å². The Morgan fingerprint density at radius 3 is 2.56 bits per heavy atom. The first-order chi connectivity index (χ1) is 8.23. The van der Waals surface area contributed by atoms with Crippen LogP contribution in [0.5, 0.6) is 5.75 Å². The van der Waals surface area contributed by atoms with Gasteiger partial charge in [-0.1, -0.05) is 6.07 Å². The second-order valence-electron chi connectivity index (χ2n) is 3.29. The van der Waals surface area contributed by atoms with Crippen LogP contribution in [0, 0.1) is 0 Å². The van der Waals surface area contributed by atoms with Gasteiger partial charge in [-0.3, -0.25) is 0 Å². The van der Waals surface area contributed by atoms with Crippen LogP contribution in [0.2, 0.25) is 0 Å². The summed E-state index contributed by atoms with van der Waals surface area (Å²) in [5.74, 6) is -1.60. The van der Waals surface area contributed by atoms with E-state index in [9.17, 15) is 18.0 Å². The van der Waals surface area contributed by atoms with Crippen molar-refractivity contribution in [2.75, 3.05) is 6.61 Å². The van der Waals surface area contributed by atoms with Gasteiger partial charge in [-0.05, 0) is 28.1 Å². The third-order valence-corrected chi connectivity index (χ3v) is 2.59. The number of carboxylic acids is 1. The first-order valence-corrected chi connectivity index (χ1v) is 5.42. The number of aliphatic hydroxyl groups excluding tert-OH is 1. The lowest BCUT2D eigenvalue weighted by atomic mass is 10.2. The summed E-state index contributed by atoms with van der Waals surface area (Å²) in [5.41, 5.74) is -0.293. The summed E-state index contributed by atoms with van der Waals surface area (Å²) in [6.07, 6.45) is -7.49. The highest BCUT2D eigenvalue weighted by Crippen LogP contribution is 2.30. The molecule has 4 nitrogen and oxygen atoms in total.